The van der Waals surface area contributed by atoms with E-state index in [0.29, 0.717) is 5.02 Å². The molecule has 0 heterocycles. The zero-order chi connectivity index (χ0) is 9.26. The number of benzene rings is 2. The van der Waals surface area contributed by atoms with Crippen LogP contribution in [0.2, 0.25) is 5.02 Å². The van der Waals surface area contributed by atoms with Crippen molar-refractivity contribution in [3.05, 3.63) is 41.4 Å². The predicted molar refractivity (Wildman–Crippen MR) is 56.8 cm³/mol. The molecule has 0 aliphatic rings. The summed E-state index contributed by atoms with van der Waals surface area (Å²) >= 11 is 6.10. The number of anilines is 1. The van der Waals surface area contributed by atoms with Crippen LogP contribution in [0.25, 0.3) is 10.8 Å². The van der Waals surface area contributed by atoms with Crippen LogP contribution >= 0.6 is 11.6 Å². The molecule has 2 aromatic carbocycles. The molecule has 3 N–H and O–H groups in total. The van der Waals surface area contributed by atoms with Gasteiger partial charge in [0.2, 0.25) is 0 Å². The fourth-order valence-corrected chi connectivity index (χ4v) is 1.63. The van der Waals surface area contributed by atoms with Crippen LogP contribution in [0.4, 0.5) is 5.69 Å². The van der Waals surface area contributed by atoms with Crippen molar-refractivity contribution in [2.45, 2.75) is 0 Å². The Labute approximate surface area is 81.3 Å². The Kier molecular flexibility index (Phi) is 2.08. The van der Waals surface area contributed by atoms with Crippen molar-refractivity contribution >= 4 is 28.1 Å². The van der Waals surface area contributed by atoms with Crippen molar-refractivity contribution < 1.29 is 0 Å². The molecule has 0 amide bonds. The quantitative estimate of drug-likeness (QED) is 0.539. The third-order valence-corrected chi connectivity index (χ3v) is 2.43. The highest BCUT2D eigenvalue weighted by Gasteiger charge is 2.02. The summed E-state index contributed by atoms with van der Waals surface area (Å²) in [5.41, 5.74) is 3.31. The number of halogens is 1. The highest BCUT2D eigenvalue weighted by atomic mass is 35.5. The van der Waals surface area contributed by atoms with E-state index < -0.39 is 0 Å². The van der Waals surface area contributed by atoms with E-state index in [1.807, 2.05) is 36.4 Å². The summed E-state index contributed by atoms with van der Waals surface area (Å²) < 4.78 is 0. The lowest BCUT2D eigenvalue weighted by atomic mass is 10.1. The van der Waals surface area contributed by atoms with Gasteiger partial charge in [-0.15, -0.1) is 0 Å². The van der Waals surface area contributed by atoms with Crippen LogP contribution in [0.3, 0.4) is 0 Å². The Morgan fingerprint density at radius 3 is 2.62 bits per heavy atom. The van der Waals surface area contributed by atoms with Crippen LogP contribution in [0.15, 0.2) is 36.4 Å². The topological polar surface area (TPSA) is 38.0 Å². The van der Waals surface area contributed by atoms with E-state index >= 15 is 0 Å². The molecule has 2 rings (SSSR count). The molecule has 0 saturated carbocycles. The van der Waals surface area contributed by atoms with E-state index in [1.165, 1.54) is 0 Å². The molecular weight excluding hydrogens is 184 g/mol. The molecule has 0 aromatic heterocycles. The lowest BCUT2D eigenvalue weighted by Gasteiger charge is -2.05. The van der Waals surface area contributed by atoms with Crippen molar-refractivity contribution in [3.8, 4) is 0 Å². The average molecular weight is 193 g/mol. The van der Waals surface area contributed by atoms with E-state index in [9.17, 15) is 0 Å². The first kappa shape index (κ1) is 8.35. The fraction of sp³-hybridized carbons (Fsp3) is 0. The van der Waals surface area contributed by atoms with Crippen LogP contribution in [0, 0.1) is 0 Å². The molecule has 3 heteroatoms. The molecule has 2 nitrogen and oxygen atoms in total. The smallest absolute Gasteiger partial charge is 0.0728 e. The molecule has 0 unspecified atom stereocenters. The normalized spacial score (nSPS) is 10.3. The van der Waals surface area contributed by atoms with Crippen molar-refractivity contribution in [1.29, 1.82) is 0 Å². The predicted octanol–water partition coefficient (Wildman–Crippen LogP) is 2.78. The summed E-state index contributed by atoms with van der Waals surface area (Å²) in [5.74, 6) is 5.31. The second-order valence-electron chi connectivity index (χ2n) is 2.79. The molecule has 0 atom stereocenters. The Bertz CT molecular complexity index is 440. The summed E-state index contributed by atoms with van der Waals surface area (Å²) in [4.78, 5) is 0. The average Bonchev–Trinajstić information content (AvgIpc) is 2.19. The van der Waals surface area contributed by atoms with E-state index in [4.69, 9.17) is 17.4 Å². The number of hydrazine groups is 1. The summed E-state index contributed by atoms with van der Waals surface area (Å²) in [6.07, 6.45) is 0. The summed E-state index contributed by atoms with van der Waals surface area (Å²) in [5, 5.41) is 2.80. The van der Waals surface area contributed by atoms with Crippen LogP contribution in [-0.2, 0) is 0 Å². The molecule has 0 fully saturated rings. The van der Waals surface area contributed by atoms with E-state index in [-0.39, 0.29) is 0 Å². The van der Waals surface area contributed by atoms with Gasteiger partial charge < -0.3 is 5.43 Å². The van der Waals surface area contributed by atoms with Gasteiger partial charge in [-0.25, -0.2) is 0 Å². The zero-order valence-electron chi connectivity index (χ0n) is 6.92. The van der Waals surface area contributed by atoms with Crippen LogP contribution < -0.4 is 11.3 Å². The second kappa shape index (κ2) is 3.24. The van der Waals surface area contributed by atoms with Gasteiger partial charge in [-0.2, -0.15) is 0 Å². The first-order chi connectivity index (χ1) is 6.33. The molecule has 0 spiro atoms. The standard InChI is InChI=1S/C10H9ClN2/c11-10-8-4-2-1-3-7(8)5-6-9(10)13-12/h1-6,13H,12H2. The van der Waals surface area contributed by atoms with Crippen LogP contribution in [0.1, 0.15) is 0 Å². The minimum Gasteiger partial charge on any atom is -0.323 e. The lowest BCUT2D eigenvalue weighted by Crippen LogP contribution is -2.06. The highest BCUT2D eigenvalue weighted by molar-refractivity contribution is 6.38. The van der Waals surface area contributed by atoms with Gasteiger partial charge in [-0.1, -0.05) is 41.9 Å². The van der Waals surface area contributed by atoms with Crippen molar-refractivity contribution in [2.24, 2.45) is 5.84 Å². The molecule has 0 saturated heterocycles. The van der Waals surface area contributed by atoms with Crippen LogP contribution in [0.5, 0.6) is 0 Å². The monoisotopic (exact) mass is 192 g/mol. The van der Waals surface area contributed by atoms with Gasteiger partial charge in [0.15, 0.2) is 0 Å². The summed E-state index contributed by atoms with van der Waals surface area (Å²) in [6.45, 7) is 0. The first-order valence-corrected chi connectivity index (χ1v) is 4.34. The van der Waals surface area contributed by atoms with Gasteiger partial charge in [0.1, 0.15) is 0 Å². The second-order valence-corrected chi connectivity index (χ2v) is 3.17. The van der Waals surface area contributed by atoms with Gasteiger partial charge in [0, 0.05) is 5.39 Å². The first-order valence-electron chi connectivity index (χ1n) is 3.97. The number of nitrogen functional groups attached to an aromatic ring is 1. The Balaban J connectivity index is 2.79. The summed E-state index contributed by atoms with van der Waals surface area (Å²) in [7, 11) is 0. The third kappa shape index (κ3) is 1.34. The van der Waals surface area contributed by atoms with E-state index in [1.54, 1.807) is 0 Å². The van der Waals surface area contributed by atoms with Gasteiger partial charge in [-0.3, -0.25) is 5.84 Å². The maximum absolute atomic E-state index is 6.10. The van der Waals surface area contributed by atoms with Crippen molar-refractivity contribution in [2.75, 3.05) is 5.43 Å². The molecule has 0 aliphatic heterocycles. The Hall–Kier alpha value is -1.25. The van der Waals surface area contributed by atoms with Gasteiger partial charge >= 0.3 is 0 Å². The largest absolute Gasteiger partial charge is 0.323 e. The maximum Gasteiger partial charge on any atom is 0.0728 e. The molecule has 66 valence electrons. The van der Waals surface area contributed by atoms with Crippen molar-refractivity contribution in [3.63, 3.8) is 0 Å². The van der Waals surface area contributed by atoms with Gasteiger partial charge in [-0.05, 0) is 11.5 Å². The molecular formula is C10H9ClN2. The van der Waals surface area contributed by atoms with E-state index in [0.717, 1.165) is 16.5 Å². The molecule has 0 radical (unpaired) electrons. The minimum atomic E-state index is 0.667. The Morgan fingerprint density at radius 2 is 1.85 bits per heavy atom. The number of rotatable bonds is 1. The molecule has 0 bridgehead atoms. The third-order valence-electron chi connectivity index (χ3n) is 2.02. The molecule has 0 aliphatic carbocycles. The maximum atomic E-state index is 6.10. The number of nitrogens with two attached hydrogens (primary N) is 1. The SMILES string of the molecule is NNc1ccc2ccccc2c1Cl. The zero-order valence-corrected chi connectivity index (χ0v) is 7.68. The number of fused-ring (bicyclic) bond motifs is 1. The van der Waals surface area contributed by atoms with E-state index in [2.05, 4.69) is 5.43 Å². The summed E-state index contributed by atoms with van der Waals surface area (Å²) in [6, 6.07) is 11.8. The minimum absolute atomic E-state index is 0.667. The molecule has 13 heavy (non-hydrogen) atoms. The lowest BCUT2D eigenvalue weighted by molar-refractivity contribution is 1.36. The fourth-order valence-electron chi connectivity index (χ4n) is 1.35. The number of hydrogen-bond donors (Lipinski definition) is 2. The molecule has 2 aromatic rings. The van der Waals surface area contributed by atoms with Gasteiger partial charge in [0.25, 0.3) is 0 Å². The number of hydrogen-bond acceptors (Lipinski definition) is 2. The Morgan fingerprint density at radius 1 is 1.08 bits per heavy atom. The van der Waals surface area contributed by atoms with Gasteiger partial charge in [0.05, 0.1) is 10.7 Å². The highest BCUT2D eigenvalue weighted by Crippen LogP contribution is 2.29. The number of nitrogens with one attached hydrogen (secondary N) is 1. The van der Waals surface area contributed by atoms with Crippen LogP contribution in [-0.4, -0.2) is 0 Å². The van der Waals surface area contributed by atoms with Crippen molar-refractivity contribution in [1.82, 2.24) is 0 Å².